The molecule has 0 N–H and O–H groups in total. The van der Waals surface area contributed by atoms with Gasteiger partial charge in [0.15, 0.2) is 16.4 Å². The van der Waals surface area contributed by atoms with Crippen LogP contribution in [0.25, 0.3) is 0 Å². The molecule has 7 heteroatoms. The molecule has 0 radical (unpaired) electrons. The van der Waals surface area contributed by atoms with E-state index < -0.39 is 22.4 Å². The van der Waals surface area contributed by atoms with E-state index in [9.17, 15) is 13.2 Å². The summed E-state index contributed by atoms with van der Waals surface area (Å²) in [6.07, 6.45) is 1.01. The summed E-state index contributed by atoms with van der Waals surface area (Å²) in [7, 11) is -3.43. The Morgan fingerprint density at radius 3 is 2.71 bits per heavy atom. The van der Waals surface area contributed by atoms with E-state index in [1.165, 1.54) is 12.1 Å². The van der Waals surface area contributed by atoms with Crippen molar-refractivity contribution in [1.82, 2.24) is 0 Å². The number of nitriles is 1. The number of hydrogen-bond donors (Lipinski definition) is 0. The lowest BCUT2D eigenvalue weighted by atomic mass is 10.2. The van der Waals surface area contributed by atoms with Gasteiger partial charge < -0.3 is 4.74 Å². The summed E-state index contributed by atoms with van der Waals surface area (Å²) in [5.41, 5.74) is -0.0789. The third kappa shape index (κ3) is 3.44. The number of esters is 1. The predicted molar refractivity (Wildman–Crippen MR) is 60.5 cm³/mol. The van der Waals surface area contributed by atoms with Crippen molar-refractivity contribution in [2.24, 2.45) is 0 Å². The van der Waals surface area contributed by atoms with Gasteiger partial charge in [-0.2, -0.15) is 5.26 Å². The summed E-state index contributed by atoms with van der Waals surface area (Å²) in [5.74, 6) is -0.831. The second-order valence-electron chi connectivity index (χ2n) is 3.15. The zero-order valence-electron chi connectivity index (χ0n) is 8.81. The molecule has 1 rings (SSSR count). The summed E-state index contributed by atoms with van der Waals surface area (Å²) in [5, 5.41) is 8.33. The number of halogens is 1. The Hall–Kier alpha value is -1.58. The van der Waals surface area contributed by atoms with Crippen LogP contribution in [0.5, 0.6) is 0 Å². The van der Waals surface area contributed by atoms with Gasteiger partial charge in [0.2, 0.25) is 0 Å². The maximum Gasteiger partial charge on any atom is 0.340 e. The number of benzene rings is 1. The molecular weight excluding hydrogens is 266 g/mol. The lowest BCUT2D eigenvalue weighted by Gasteiger charge is -2.05. The molecule has 0 aliphatic heterocycles. The SMILES string of the molecule is CS(=O)(=O)c1ccc(Cl)c(C(=O)OCC#N)c1. The zero-order valence-corrected chi connectivity index (χ0v) is 10.4. The molecule has 0 unspecified atom stereocenters. The van der Waals surface area contributed by atoms with Crippen LogP contribution in [0, 0.1) is 11.3 Å². The molecule has 0 aromatic heterocycles. The minimum absolute atomic E-state index is 0.0363. The third-order valence-electron chi connectivity index (χ3n) is 1.85. The quantitative estimate of drug-likeness (QED) is 0.778. The molecule has 0 bridgehead atoms. The zero-order chi connectivity index (χ0) is 13.1. The standard InChI is InChI=1S/C10H8ClNO4S/c1-17(14,15)7-2-3-9(11)8(6-7)10(13)16-5-4-12/h2-3,6H,5H2,1H3. The van der Waals surface area contributed by atoms with Crippen LogP contribution in [0.2, 0.25) is 5.02 Å². The van der Waals surface area contributed by atoms with Gasteiger partial charge in [0.05, 0.1) is 15.5 Å². The Morgan fingerprint density at radius 1 is 1.53 bits per heavy atom. The maximum absolute atomic E-state index is 11.5. The number of hydrogen-bond acceptors (Lipinski definition) is 5. The van der Waals surface area contributed by atoms with Crippen molar-refractivity contribution in [2.75, 3.05) is 12.9 Å². The van der Waals surface area contributed by atoms with E-state index in [2.05, 4.69) is 4.74 Å². The van der Waals surface area contributed by atoms with Crippen molar-refractivity contribution in [2.45, 2.75) is 4.90 Å². The molecule has 0 spiro atoms. The fraction of sp³-hybridized carbons (Fsp3) is 0.200. The molecule has 0 saturated heterocycles. The molecule has 0 saturated carbocycles. The summed E-state index contributed by atoms with van der Waals surface area (Å²) in [4.78, 5) is 11.4. The van der Waals surface area contributed by atoms with Crippen molar-refractivity contribution in [1.29, 1.82) is 5.26 Å². The van der Waals surface area contributed by atoms with Crippen molar-refractivity contribution >= 4 is 27.4 Å². The van der Waals surface area contributed by atoms with Crippen LogP contribution >= 0.6 is 11.6 Å². The highest BCUT2D eigenvalue weighted by molar-refractivity contribution is 7.90. The monoisotopic (exact) mass is 273 g/mol. The minimum Gasteiger partial charge on any atom is -0.447 e. The topological polar surface area (TPSA) is 84.2 Å². The predicted octanol–water partition coefficient (Wildman–Crippen LogP) is 1.42. The highest BCUT2D eigenvalue weighted by Gasteiger charge is 2.16. The average molecular weight is 274 g/mol. The van der Waals surface area contributed by atoms with Gasteiger partial charge in [-0.15, -0.1) is 0 Å². The number of ether oxygens (including phenoxy) is 1. The van der Waals surface area contributed by atoms with Gasteiger partial charge in [-0.05, 0) is 18.2 Å². The summed E-state index contributed by atoms with van der Waals surface area (Å²) in [6.45, 7) is -0.418. The number of carbonyl (C=O) groups is 1. The second kappa shape index (κ2) is 5.17. The highest BCUT2D eigenvalue weighted by Crippen LogP contribution is 2.21. The Labute approximate surface area is 103 Å². The Morgan fingerprint density at radius 2 is 2.18 bits per heavy atom. The van der Waals surface area contributed by atoms with E-state index >= 15 is 0 Å². The summed E-state index contributed by atoms with van der Waals surface area (Å²) in [6, 6.07) is 5.33. The first-order valence-corrected chi connectivity index (χ1v) is 6.67. The van der Waals surface area contributed by atoms with Crippen LogP contribution in [0.1, 0.15) is 10.4 Å². The van der Waals surface area contributed by atoms with E-state index in [1.807, 2.05) is 0 Å². The molecule has 1 aromatic carbocycles. The van der Waals surface area contributed by atoms with Gasteiger partial charge in [-0.1, -0.05) is 11.6 Å². The Bertz CT molecular complexity index is 589. The molecular formula is C10H8ClNO4S. The van der Waals surface area contributed by atoms with E-state index in [1.54, 1.807) is 6.07 Å². The maximum atomic E-state index is 11.5. The van der Waals surface area contributed by atoms with Crippen LogP contribution in [-0.2, 0) is 14.6 Å². The van der Waals surface area contributed by atoms with E-state index in [0.29, 0.717) is 0 Å². The Kier molecular flexibility index (Phi) is 4.10. The van der Waals surface area contributed by atoms with Crippen molar-refractivity contribution in [3.63, 3.8) is 0 Å². The van der Waals surface area contributed by atoms with Crippen molar-refractivity contribution < 1.29 is 17.9 Å². The molecule has 0 amide bonds. The van der Waals surface area contributed by atoms with Gasteiger partial charge in [0.1, 0.15) is 6.07 Å². The van der Waals surface area contributed by atoms with Crippen LogP contribution in [-0.4, -0.2) is 27.2 Å². The molecule has 1 aromatic rings. The number of sulfone groups is 1. The fourth-order valence-corrected chi connectivity index (χ4v) is 1.91. The van der Waals surface area contributed by atoms with Gasteiger partial charge in [-0.25, -0.2) is 13.2 Å². The molecule has 0 atom stereocenters. The van der Waals surface area contributed by atoms with Crippen LogP contribution in [0.3, 0.4) is 0 Å². The van der Waals surface area contributed by atoms with Gasteiger partial charge >= 0.3 is 5.97 Å². The first-order valence-electron chi connectivity index (χ1n) is 4.40. The molecule has 0 fully saturated rings. The molecule has 17 heavy (non-hydrogen) atoms. The van der Waals surface area contributed by atoms with Gasteiger partial charge in [0, 0.05) is 6.26 Å². The summed E-state index contributed by atoms with van der Waals surface area (Å²) >= 11 is 5.74. The smallest absolute Gasteiger partial charge is 0.340 e. The largest absolute Gasteiger partial charge is 0.447 e. The Balaban J connectivity index is 3.16. The first kappa shape index (κ1) is 13.5. The average Bonchev–Trinajstić information content (AvgIpc) is 2.24. The third-order valence-corrected chi connectivity index (χ3v) is 3.29. The van der Waals surface area contributed by atoms with Crippen LogP contribution in [0.4, 0.5) is 0 Å². The molecule has 0 aliphatic carbocycles. The second-order valence-corrected chi connectivity index (χ2v) is 5.57. The molecule has 0 heterocycles. The molecule has 5 nitrogen and oxygen atoms in total. The number of nitrogens with zero attached hydrogens (tertiary/aromatic N) is 1. The first-order chi connectivity index (χ1) is 7.86. The lowest BCUT2D eigenvalue weighted by Crippen LogP contribution is -2.08. The summed E-state index contributed by atoms with van der Waals surface area (Å²) < 4.78 is 27.1. The van der Waals surface area contributed by atoms with Crippen LogP contribution in [0.15, 0.2) is 23.1 Å². The van der Waals surface area contributed by atoms with Crippen molar-refractivity contribution in [3.8, 4) is 6.07 Å². The van der Waals surface area contributed by atoms with Gasteiger partial charge in [0.25, 0.3) is 0 Å². The minimum atomic E-state index is -3.43. The molecule has 0 aliphatic rings. The number of carbonyl (C=O) groups excluding carboxylic acids is 1. The lowest BCUT2D eigenvalue weighted by molar-refractivity contribution is 0.0555. The van der Waals surface area contributed by atoms with E-state index in [4.69, 9.17) is 16.9 Å². The highest BCUT2D eigenvalue weighted by atomic mass is 35.5. The number of rotatable bonds is 3. The molecule has 90 valence electrons. The van der Waals surface area contributed by atoms with Gasteiger partial charge in [-0.3, -0.25) is 0 Å². The van der Waals surface area contributed by atoms with E-state index in [-0.39, 0.29) is 15.5 Å². The van der Waals surface area contributed by atoms with Crippen LogP contribution < -0.4 is 0 Å². The fourth-order valence-electron chi connectivity index (χ4n) is 1.07. The van der Waals surface area contributed by atoms with Crippen molar-refractivity contribution in [3.05, 3.63) is 28.8 Å². The normalized spacial score (nSPS) is 10.6. The van der Waals surface area contributed by atoms with E-state index in [0.717, 1.165) is 12.3 Å².